The van der Waals surface area contributed by atoms with Crippen LogP contribution < -0.4 is 10.2 Å². The number of aromatic nitrogens is 2. The molecule has 2 aromatic rings. The van der Waals surface area contributed by atoms with E-state index in [0.29, 0.717) is 30.2 Å². The minimum absolute atomic E-state index is 0.250. The molecule has 2 unspecified atom stereocenters. The number of hydrogen-bond donors (Lipinski definition) is 1. The van der Waals surface area contributed by atoms with Crippen molar-refractivity contribution < 1.29 is 19.1 Å². The van der Waals surface area contributed by atoms with E-state index >= 15 is 0 Å². The number of nitrogens with zero attached hydrogens (tertiary/aromatic N) is 4. The molecule has 3 aliphatic rings. The third kappa shape index (κ3) is 4.54. The van der Waals surface area contributed by atoms with Gasteiger partial charge < -0.3 is 19.7 Å². The van der Waals surface area contributed by atoms with Gasteiger partial charge in [0.05, 0.1) is 31.0 Å². The number of nitrogens with one attached hydrogen (secondary N) is 1. The van der Waals surface area contributed by atoms with E-state index in [1.54, 1.807) is 0 Å². The summed E-state index contributed by atoms with van der Waals surface area (Å²) in [6.07, 6.45) is 2.40. The van der Waals surface area contributed by atoms with Gasteiger partial charge >= 0.3 is 6.09 Å². The maximum Gasteiger partial charge on any atom is 0.410 e. The Hall–Kier alpha value is -2.72. The fourth-order valence-corrected chi connectivity index (χ4v) is 5.26. The molecule has 9 nitrogen and oxygen atoms in total. The minimum atomic E-state index is -0.597. The van der Waals surface area contributed by atoms with E-state index in [1.807, 2.05) is 44.4 Å². The van der Waals surface area contributed by atoms with Crippen molar-refractivity contribution in [3.05, 3.63) is 23.6 Å². The zero-order valence-electron chi connectivity index (χ0n) is 19.1. The summed E-state index contributed by atoms with van der Waals surface area (Å²) in [4.78, 5) is 38.3. The van der Waals surface area contributed by atoms with Gasteiger partial charge in [-0.2, -0.15) is 0 Å². The lowest BCUT2D eigenvalue weighted by atomic mass is 10.0. The molecule has 3 aliphatic heterocycles. The summed E-state index contributed by atoms with van der Waals surface area (Å²) < 4.78 is 11.1. The normalized spacial score (nSPS) is 24.4. The summed E-state index contributed by atoms with van der Waals surface area (Å²) in [5.41, 5.74) is 0.893. The molecule has 3 atom stereocenters. The molecule has 2 aromatic heterocycles. The highest BCUT2D eigenvalue weighted by Crippen LogP contribution is 2.34. The number of pyridine rings is 1. The summed E-state index contributed by atoms with van der Waals surface area (Å²) in [6, 6.07) is 6.20. The maximum atomic E-state index is 12.7. The average Bonchev–Trinajstić information content (AvgIpc) is 3.27. The number of carbonyl (C=O) groups is 2. The van der Waals surface area contributed by atoms with Gasteiger partial charge in [0.1, 0.15) is 23.2 Å². The van der Waals surface area contributed by atoms with Crippen molar-refractivity contribution in [1.82, 2.24) is 14.9 Å². The number of likely N-dealkylation sites (tertiary alicyclic amines) is 1. The lowest BCUT2D eigenvalue weighted by molar-refractivity contribution is -0.125. The summed E-state index contributed by atoms with van der Waals surface area (Å²) in [6.45, 7) is 7.43. The van der Waals surface area contributed by atoms with E-state index in [2.05, 4.69) is 15.2 Å². The minimum Gasteiger partial charge on any atom is -0.444 e. The molecule has 5 rings (SSSR count). The number of anilines is 2. The third-order valence-corrected chi connectivity index (χ3v) is 6.94. The fourth-order valence-electron chi connectivity index (χ4n) is 4.55. The van der Waals surface area contributed by atoms with E-state index in [-0.39, 0.29) is 5.91 Å². The second-order valence-corrected chi connectivity index (χ2v) is 10.6. The lowest BCUT2D eigenvalue weighted by Gasteiger charge is -2.39. The van der Waals surface area contributed by atoms with Crippen molar-refractivity contribution >= 4 is 34.3 Å². The molecule has 3 saturated heterocycles. The average molecular weight is 472 g/mol. The van der Waals surface area contributed by atoms with Crippen LogP contribution in [0.3, 0.4) is 0 Å². The lowest BCUT2D eigenvalue weighted by Crippen LogP contribution is -2.57. The molecule has 1 N–H and O–H groups in total. The van der Waals surface area contributed by atoms with Gasteiger partial charge in [0.15, 0.2) is 5.13 Å². The number of ether oxygens (including phenoxy) is 2. The first-order valence-electron chi connectivity index (χ1n) is 11.4. The Bertz CT molecular complexity index is 1040. The van der Waals surface area contributed by atoms with Gasteiger partial charge in [-0.25, -0.2) is 14.8 Å². The van der Waals surface area contributed by atoms with E-state index < -0.39 is 17.7 Å². The number of fused-ring (bicyclic) bond motifs is 2. The summed E-state index contributed by atoms with van der Waals surface area (Å²) in [5, 5.41) is 5.23. The van der Waals surface area contributed by atoms with Crippen molar-refractivity contribution in [2.24, 2.45) is 0 Å². The fraction of sp³-hybridized carbons (Fsp3) is 0.565. The van der Waals surface area contributed by atoms with Crippen molar-refractivity contribution in [1.29, 1.82) is 0 Å². The Morgan fingerprint density at radius 3 is 2.55 bits per heavy atom. The molecule has 0 radical (unpaired) electrons. The van der Waals surface area contributed by atoms with Crippen molar-refractivity contribution in [3.63, 3.8) is 0 Å². The smallest absolute Gasteiger partial charge is 0.410 e. The predicted molar refractivity (Wildman–Crippen MR) is 125 cm³/mol. The second kappa shape index (κ2) is 8.57. The molecule has 2 bridgehead atoms. The van der Waals surface area contributed by atoms with Crippen LogP contribution in [-0.2, 0) is 14.3 Å². The molecular formula is C23H29N5O4S. The Balaban J connectivity index is 1.25. The van der Waals surface area contributed by atoms with Crippen LogP contribution in [0.1, 0.15) is 40.0 Å². The molecule has 3 fully saturated rings. The van der Waals surface area contributed by atoms with E-state index in [9.17, 15) is 9.59 Å². The van der Waals surface area contributed by atoms with Crippen molar-refractivity contribution in [3.8, 4) is 11.4 Å². The second-order valence-electron chi connectivity index (χ2n) is 9.72. The molecule has 0 aliphatic carbocycles. The maximum absolute atomic E-state index is 12.7. The van der Waals surface area contributed by atoms with Crippen LogP contribution in [0, 0.1) is 0 Å². The van der Waals surface area contributed by atoms with Gasteiger partial charge in [0.2, 0.25) is 5.91 Å². The first kappa shape index (κ1) is 22.1. The van der Waals surface area contributed by atoms with Gasteiger partial charge in [0, 0.05) is 11.9 Å². The summed E-state index contributed by atoms with van der Waals surface area (Å²) >= 11 is 1.35. The van der Waals surface area contributed by atoms with Gasteiger partial charge in [-0.05, 0) is 52.2 Å². The topological polar surface area (TPSA) is 96.9 Å². The molecule has 33 heavy (non-hydrogen) atoms. The van der Waals surface area contributed by atoms with Gasteiger partial charge in [0.25, 0.3) is 0 Å². The molecule has 2 amide bonds. The number of hydrogen-bond acceptors (Lipinski definition) is 8. The van der Waals surface area contributed by atoms with Crippen LogP contribution in [-0.4, -0.2) is 70.4 Å². The van der Waals surface area contributed by atoms with Crippen molar-refractivity contribution in [2.75, 3.05) is 30.0 Å². The molecule has 10 heteroatoms. The number of rotatable bonds is 4. The number of thiazole rings is 1. The highest BCUT2D eigenvalue weighted by atomic mass is 32.1. The standard InChI is InChI=1S/C23H29N5O4S/c1-23(2,3)32-22(30)27-10-9-18(27)20(29)26-21-25-17(13-33-21)16-5-4-6-19(24-16)28-14-7-8-15(28)12-31-11-14/h4-6,13-15,18H,7-12H2,1-3H3,(H,25,26,29)/t14?,15?,18-/m0/s1. The molecule has 176 valence electrons. The van der Waals surface area contributed by atoms with Crippen LogP contribution >= 0.6 is 11.3 Å². The molecular weight excluding hydrogens is 442 g/mol. The van der Waals surface area contributed by atoms with E-state index in [4.69, 9.17) is 14.5 Å². The van der Waals surface area contributed by atoms with Crippen LogP contribution in [0.2, 0.25) is 0 Å². The number of carbonyl (C=O) groups excluding carboxylic acids is 2. The van der Waals surface area contributed by atoms with Crippen molar-refractivity contribution in [2.45, 2.75) is 63.8 Å². The molecule has 0 saturated carbocycles. The van der Waals surface area contributed by atoms with Crippen LogP contribution in [0.15, 0.2) is 23.6 Å². The van der Waals surface area contributed by atoms with Gasteiger partial charge in [-0.15, -0.1) is 11.3 Å². The summed E-state index contributed by atoms with van der Waals surface area (Å²) in [7, 11) is 0. The highest BCUT2D eigenvalue weighted by Gasteiger charge is 2.40. The van der Waals surface area contributed by atoms with Gasteiger partial charge in [-0.3, -0.25) is 9.69 Å². The summed E-state index contributed by atoms with van der Waals surface area (Å²) in [5.74, 6) is 0.698. The zero-order chi connectivity index (χ0) is 23.2. The third-order valence-electron chi connectivity index (χ3n) is 6.19. The Labute approximate surface area is 197 Å². The Morgan fingerprint density at radius 1 is 1.12 bits per heavy atom. The monoisotopic (exact) mass is 471 g/mol. The van der Waals surface area contributed by atoms with Crippen LogP contribution in [0.4, 0.5) is 15.7 Å². The molecule has 5 heterocycles. The first-order valence-corrected chi connectivity index (χ1v) is 12.3. The van der Waals surface area contributed by atoms with E-state index in [0.717, 1.165) is 43.3 Å². The van der Waals surface area contributed by atoms with Gasteiger partial charge in [-0.1, -0.05) is 6.07 Å². The number of amides is 2. The SMILES string of the molecule is CC(C)(C)OC(=O)N1CC[C@H]1C(=O)Nc1nc(-c2cccc(N3C4CCC3COC4)n2)cs1. The zero-order valence-corrected chi connectivity index (χ0v) is 19.9. The predicted octanol–water partition coefficient (Wildman–Crippen LogP) is 3.52. The first-order chi connectivity index (χ1) is 15.8. The largest absolute Gasteiger partial charge is 0.444 e. The molecule has 0 spiro atoms. The van der Waals surface area contributed by atoms with Crippen LogP contribution in [0.25, 0.3) is 11.4 Å². The molecule has 0 aromatic carbocycles. The Morgan fingerprint density at radius 2 is 1.88 bits per heavy atom. The quantitative estimate of drug-likeness (QED) is 0.729. The van der Waals surface area contributed by atoms with Crippen LogP contribution in [0.5, 0.6) is 0 Å². The Kier molecular flexibility index (Phi) is 5.74. The number of morpholine rings is 1. The van der Waals surface area contributed by atoms with E-state index in [1.165, 1.54) is 16.2 Å². The highest BCUT2D eigenvalue weighted by molar-refractivity contribution is 7.14.